The molecule has 1 aromatic heterocycles. The number of nitrogens with one attached hydrogen (secondary N) is 5. The lowest BCUT2D eigenvalue weighted by Crippen LogP contribution is -2.48. The molecule has 1 saturated carbocycles. The Morgan fingerprint density at radius 2 is 1.66 bits per heavy atom. The summed E-state index contributed by atoms with van der Waals surface area (Å²) < 4.78 is 0. The molecule has 1 atom stereocenters. The van der Waals surface area contributed by atoms with Gasteiger partial charge in [0.05, 0.1) is 11.7 Å². The number of carbonyl (C=O) groups excluding carboxylic acids is 3. The predicted molar refractivity (Wildman–Crippen MR) is 187 cm³/mol. The average molecular weight is 658 g/mol. The number of anilines is 1. The molecule has 248 valence electrons. The zero-order valence-corrected chi connectivity index (χ0v) is 27.3. The molecule has 7 N–H and O–H groups in total. The molecule has 47 heavy (non-hydrogen) atoms. The van der Waals surface area contributed by atoms with Crippen molar-refractivity contribution in [3.63, 3.8) is 0 Å². The van der Waals surface area contributed by atoms with Crippen LogP contribution in [0.4, 0.5) is 5.69 Å². The fraction of sp³-hybridized carbons (Fsp3) is 0.389. The Morgan fingerprint density at radius 1 is 0.894 bits per heavy atom. The molecule has 0 bridgehead atoms. The minimum Gasteiger partial charge on any atom is -0.349 e. The van der Waals surface area contributed by atoms with Gasteiger partial charge < -0.3 is 27.0 Å². The summed E-state index contributed by atoms with van der Waals surface area (Å²) in [6.45, 7) is 2.48. The van der Waals surface area contributed by atoms with Crippen molar-refractivity contribution < 1.29 is 14.4 Å². The fourth-order valence-electron chi connectivity index (χ4n) is 6.57. The van der Waals surface area contributed by atoms with Gasteiger partial charge >= 0.3 is 0 Å². The van der Waals surface area contributed by atoms with Crippen LogP contribution in [0.3, 0.4) is 0 Å². The Bertz CT molecular complexity index is 1660. The van der Waals surface area contributed by atoms with Crippen molar-refractivity contribution in [2.45, 2.75) is 57.0 Å². The van der Waals surface area contributed by atoms with E-state index in [1.165, 1.54) is 0 Å². The van der Waals surface area contributed by atoms with Crippen molar-refractivity contribution in [1.29, 1.82) is 0 Å². The van der Waals surface area contributed by atoms with Crippen LogP contribution < -0.4 is 27.0 Å². The number of hydrogen-bond donors (Lipinski definition) is 6. The van der Waals surface area contributed by atoms with Gasteiger partial charge in [0.25, 0.3) is 5.91 Å². The largest absolute Gasteiger partial charge is 0.349 e. The number of fused-ring (bicyclic) bond motifs is 1. The third-order valence-electron chi connectivity index (χ3n) is 9.41. The van der Waals surface area contributed by atoms with E-state index in [1.54, 1.807) is 6.20 Å². The van der Waals surface area contributed by atoms with Crippen molar-refractivity contribution in [2.24, 2.45) is 17.6 Å². The van der Waals surface area contributed by atoms with Crippen LogP contribution in [0.5, 0.6) is 0 Å². The van der Waals surface area contributed by atoms with E-state index in [-0.39, 0.29) is 42.1 Å². The molecule has 10 nitrogen and oxygen atoms in total. The third-order valence-corrected chi connectivity index (χ3v) is 9.41. The Morgan fingerprint density at radius 3 is 2.40 bits per heavy atom. The first-order chi connectivity index (χ1) is 22.4. The lowest BCUT2D eigenvalue weighted by atomic mass is 9.81. The first-order valence-corrected chi connectivity index (χ1v) is 16.4. The molecule has 3 amide bonds. The topological polar surface area (TPSA) is 154 Å². The zero-order chi connectivity index (χ0) is 31.9. The Labute approximate surface area is 281 Å². The molecule has 11 heteroatoms. The number of hydrogen-bond acceptors (Lipinski definition) is 6. The lowest BCUT2D eigenvalue weighted by Gasteiger charge is -2.28. The number of nitrogens with two attached hydrogens (primary N) is 1. The van der Waals surface area contributed by atoms with E-state index in [0.29, 0.717) is 30.1 Å². The van der Waals surface area contributed by atoms with Gasteiger partial charge in [-0.1, -0.05) is 36.4 Å². The van der Waals surface area contributed by atoms with E-state index in [4.69, 9.17) is 5.73 Å². The maximum atomic E-state index is 13.7. The summed E-state index contributed by atoms with van der Waals surface area (Å²) >= 11 is 0. The van der Waals surface area contributed by atoms with Crippen LogP contribution in [-0.4, -0.2) is 59.6 Å². The molecule has 1 aliphatic carbocycles. The van der Waals surface area contributed by atoms with Gasteiger partial charge in [0.1, 0.15) is 6.04 Å². The number of benzene rings is 3. The summed E-state index contributed by atoms with van der Waals surface area (Å²) in [4.78, 5) is 39.9. The molecule has 6 rings (SSSR count). The quantitative estimate of drug-likeness (QED) is 0.147. The zero-order valence-electron chi connectivity index (χ0n) is 26.5. The number of carbonyl (C=O) groups is 3. The van der Waals surface area contributed by atoms with Crippen molar-refractivity contribution >= 4 is 46.7 Å². The predicted octanol–water partition coefficient (Wildman–Crippen LogP) is 4.56. The van der Waals surface area contributed by atoms with Crippen molar-refractivity contribution in [1.82, 2.24) is 26.1 Å². The van der Waals surface area contributed by atoms with Crippen LogP contribution in [0.25, 0.3) is 22.0 Å². The molecule has 3 aromatic carbocycles. The maximum absolute atomic E-state index is 13.7. The maximum Gasteiger partial charge on any atom is 0.251 e. The molecular formula is C36H44ClN7O3. The number of H-pyrrole nitrogens is 1. The fourth-order valence-corrected chi connectivity index (χ4v) is 6.57. The van der Waals surface area contributed by atoms with E-state index in [1.807, 2.05) is 66.7 Å². The number of nitrogens with zero attached hydrogens (tertiary/aromatic N) is 1. The Kier molecular flexibility index (Phi) is 11.6. The van der Waals surface area contributed by atoms with Crippen molar-refractivity contribution in [3.8, 4) is 11.1 Å². The minimum absolute atomic E-state index is 0. The van der Waals surface area contributed by atoms with Crippen LogP contribution in [0, 0.1) is 11.8 Å². The van der Waals surface area contributed by atoms with E-state index in [9.17, 15) is 14.4 Å². The molecule has 0 unspecified atom stereocenters. The number of halogens is 1. The number of aromatic amines is 1. The second-order valence-electron chi connectivity index (χ2n) is 12.7. The summed E-state index contributed by atoms with van der Waals surface area (Å²) in [5.74, 6) is -0.0936. The van der Waals surface area contributed by atoms with Crippen LogP contribution in [0.1, 0.15) is 54.4 Å². The first kappa shape index (κ1) is 34.1. The summed E-state index contributed by atoms with van der Waals surface area (Å²) in [5, 5.41) is 20.5. The van der Waals surface area contributed by atoms with Crippen LogP contribution in [0.2, 0.25) is 0 Å². The molecule has 0 spiro atoms. The second-order valence-corrected chi connectivity index (χ2v) is 12.7. The van der Waals surface area contributed by atoms with Gasteiger partial charge in [0, 0.05) is 35.0 Å². The van der Waals surface area contributed by atoms with E-state index < -0.39 is 6.04 Å². The van der Waals surface area contributed by atoms with Gasteiger partial charge in [-0.05, 0) is 111 Å². The Balaban J connectivity index is 0.00000433. The third kappa shape index (κ3) is 8.77. The SMILES string of the molecule is Cl.NCC1CCC(C(=O)N[C@@H](Cc2cccc(-c3ccc(C(=O)NC4CCNCC4)cc3)c2)C(=O)Nc2ccc3cn[nH]c3c2)CC1. The van der Waals surface area contributed by atoms with Gasteiger partial charge in [-0.2, -0.15) is 5.10 Å². The summed E-state index contributed by atoms with van der Waals surface area (Å²) in [5.41, 5.74) is 10.8. The molecule has 1 saturated heterocycles. The molecular weight excluding hydrogens is 614 g/mol. The van der Waals surface area contributed by atoms with Gasteiger partial charge in [-0.25, -0.2) is 0 Å². The monoisotopic (exact) mass is 657 g/mol. The average Bonchev–Trinajstić information content (AvgIpc) is 3.57. The number of amides is 3. The van der Waals surface area contributed by atoms with Crippen LogP contribution in [0.15, 0.2) is 72.9 Å². The van der Waals surface area contributed by atoms with Crippen LogP contribution in [-0.2, 0) is 16.0 Å². The van der Waals surface area contributed by atoms with Crippen LogP contribution >= 0.6 is 12.4 Å². The second kappa shape index (κ2) is 16.0. The van der Waals surface area contributed by atoms with Crippen molar-refractivity contribution in [2.75, 3.05) is 25.0 Å². The van der Waals surface area contributed by atoms with Crippen molar-refractivity contribution in [3.05, 3.63) is 84.1 Å². The summed E-state index contributed by atoms with van der Waals surface area (Å²) in [7, 11) is 0. The van der Waals surface area contributed by atoms with E-state index in [2.05, 4.69) is 31.5 Å². The molecule has 2 fully saturated rings. The highest BCUT2D eigenvalue weighted by Crippen LogP contribution is 2.29. The molecule has 0 radical (unpaired) electrons. The number of aromatic nitrogens is 2. The Hall–Kier alpha value is -4.25. The van der Waals surface area contributed by atoms with E-state index >= 15 is 0 Å². The number of piperidine rings is 1. The first-order valence-electron chi connectivity index (χ1n) is 16.4. The normalized spacial score (nSPS) is 18.9. The lowest BCUT2D eigenvalue weighted by molar-refractivity contribution is -0.130. The van der Waals surface area contributed by atoms with E-state index in [0.717, 1.165) is 79.2 Å². The smallest absolute Gasteiger partial charge is 0.251 e. The highest BCUT2D eigenvalue weighted by molar-refractivity contribution is 5.99. The molecule has 2 aliphatic rings. The van der Waals surface area contributed by atoms with Gasteiger partial charge in [0.2, 0.25) is 11.8 Å². The van der Waals surface area contributed by atoms with Gasteiger partial charge in [-0.15, -0.1) is 12.4 Å². The summed E-state index contributed by atoms with van der Waals surface area (Å²) in [6.07, 6.45) is 7.34. The minimum atomic E-state index is -0.770. The number of rotatable bonds is 10. The highest BCUT2D eigenvalue weighted by atomic mass is 35.5. The van der Waals surface area contributed by atoms with Gasteiger partial charge in [0.15, 0.2) is 0 Å². The summed E-state index contributed by atoms with van der Waals surface area (Å²) in [6, 6.07) is 20.6. The molecule has 4 aromatic rings. The standard InChI is InChI=1S/C36H43N7O3.ClH/c37-21-23-4-6-26(7-5-23)35(45)42-33(36(46)41-31-13-12-29-22-39-43-32(29)20-31)19-24-2-1-3-28(18-24)25-8-10-27(11-9-25)34(44)40-30-14-16-38-17-15-30;/h1-3,8-13,18,20,22-23,26,30,33,38H,4-7,14-17,19,21,37H2,(H,39,43)(H,40,44)(H,41,46)(H,42,45);1H/t23?,26?,33-;/m0./s1. The molecule has 2 heterocycles. The molecule has 1 aliphatic heterocycles. The van der Waals surface area contributed by atoms with Gasteiger partial charge in [-0.3, -0.25) is 19.5 Å². The highest BCUT2D eigenvalue weighted by Gasteiger charge is 2.29.